The zero-order valence-corrected chi connectivity index (χ0v) is 17.0. The molecule has 152 valence electrons. The number of carbonyl (C=O) groups excluding carboxylic acids is 2. The van der Waals surface area contributed by atoms with Gasteiger partial charge in [0.05, 0.1) is 24.5 Å². The Morgan fingerprint density at radius 3 is 2.11 bits per heavy atom. The number of nitrogens with one attached hydrogen (secondary N) is 1. The Morgan fingerprint density at radius 2 is 1.56 bits per heavy atom. The molecule has 0 saturated carbocycles. The van der Waals surface area contributed by atoms with Gasteiger partial charge in [-0.1, -0.05) is 44.4 Å². The first-order valence-corrected chi connectivity index (χ1v) is 10.7. The average molecular weight is 400 g/mol. The number of unbranched alkanes of at least 4 members (excludes halogenated alkanes) is 2. The lowest BCUT2D eigenvalue weighted by Crippen LogP contribution is -2.43. The minimum atomic E-state index is -3.98. The molecule has 0 radical (unpaired) electrons. The number of carbonyl (C=O) groups is 2. The number of sulfonamides is 1. The first kappa shape index (κ1) is 23.1. The number of ether oxygens (including phenoxy) is 2. The van der Waals surface area contributed by atoms with Gasteiger partial charge in [0.15, 0.2) is 0 Å². The Morgan fingerprint density at radius 1 is 1.00 bits per heavy atom. The summed E-state index contributed by atoms with van der Waals surface area (Å²) in [6.07, 6.45) is 2.62. The van der Waals surface area contributed by atoms with Crippen LogP contribution in [0.4, 0.5) is 0 Å². The first-order valence-electron chi connectivity index (χ1n) is 9.21. The molecule has 1 unspecified atom stereocenters. The number of hydrogen-bond acceptors (Lipinski definition) is 6. The van der Waals surface area contributed by atoms with Crippen LogP contribution in [0.25, 0.3) is 0 Å². The number of hydrogen-bond donors (Lipinski definition) is 1. The van der Waals surface area contributed by atoms with Gasteiger partial charge < -0.3 is 9.47 Å². The summed E-state index contributed by atoms with van der Waals surface area (Å²) in [7, 11) is -3.98. The van der Waals surface area contributed by atoms with Gasteiger partial charge in [0.1, 0.15) is 6.04 Å². The highest BCUT2D eigenvalue weighted by Gasteiger charge is 2.29. The summed E-state index contributed by atoms with van der Waals surface area (Å²) >= 11 is 0. The lowest BCUT2D eigenvalue weighted by atomic mass is 10.2. The number of rotatable bonds is 12. The molecule has 1 aromatic carbocycles. The third kappa shape index (κ3) is 8.53. The van der Waals surface area contributed by atoms with E-state index in [0.29, 0.717) is 12.8 Å². The molecule has 1 aromatic rings. The fraction of sp³-hybridized carbons (Fsp3) is 0.579. The van der Waals surface area contributed by atoms with Crippen molar-refractivity contribution in [3.05, 3.63) is 29.8 Å². The van der Waals surface area contributed by atoms with Crippen molar-refractivity contribution in [1.82, 2.24) is 4.72 Å². The Kier molecular flexibility index (Phi) is 10.0. The molecule has 0 fully saturated rings. The fourth-order valence-electron chi connectivity index (χ4n) is 2.12. The second kappa shape index (κ2) is 11.7. The van der Waals surface area contributed by atoms with E-state index in [2.05, 4.69) is 4.72 Å². The Balaban J connectivity index is 2.86. The average Bonchev–Trinajstić information content (AvgIpc) is 2.61. The highest BCUT2D eigenvalue weighted by Crippen LogP contribution is 2.12. The van der Waals surface area contributed by atoms with E-state index in [9.17, 15) is 18.0 Å². The number of benzene rings is 1. The molecule has 1 rings (SSSR count). The van der Waals surface area contributed by atoms with E-state index in [4.69, 9.17) is 9.47 Å². The largest absolute Gasteiger partial charge is 0.466 e. The third-order valence-corrected chi connectivity index (χ3v) is 5.27. The minimum absolute atomic E-state index is 0.0128. The molecule has 0 bridgehead atoms. The van der Waals surface area contributed by atoms with Crippen LogP contribution in [-0.2, 0) is 29.1 Å². The van der Waals surface area contributed by atoms with Crippen LogP contribution in [0, 0.1) is 6.92 Å². The van der Waals surface area contributed by atoms with Crippen molar-refractivity contribution in [1.29, 1.82) is 0 Å². The molecule has 0 aromatic heterocycles. The van der Waals surface area contributed by atoms with E-state index in [1.807, 2.05) is 20.8 Å². The standard InChI is InChI=1S/C19H29NO6S/c1-4-6-12-25-18(21)14-17(19(22)26-13-7-5-2)20-27(23,24)16-10-8-15(3)9-11-16/h8-11,17,20H,4-7,12-14H2,1-3H3. The van der Waals surface area contributed by atoms with Gasteiger partial charge in [0, 0.05) is 0 Å². The summed E-state index contributed by atoms with van der Waals surface area (Å²) < 4.78 is 37.5. The van der Waals surface area contributed by atoms with E-state index < -0.39 is 34.4 Å². The van der Waals surface area contributed by atoms with Gasteiger partial charge in [-0.05, 0) is 31.9 Å². The molecular weight excluding hydrogens is 370 g/mol. The maximum absolute atomic E-state index is 12.6. The molecule has 1 N–H and O–H groups in total. The van der Waals surface area contributed by atoms with Crippen LogP contribution in [0.15, 0.2) is 29.2 Å². The predicted molar refractivity (Wildman–Crippen MR) is 102 cm³/mol. The van der Waals surface area contributed by atoms with E-state index in [-0.39, 0.29) is 18.1 Å². The summed E-state index contributed by atoms with van der Waals surface area (Å²) in [4.78, 5) is 24.3. The first-order chi connectivity index (χ1) is 12.8. The topological polar surface area (TPSA) is 98.8 Å². The summed E-state index contributed by atoms with van der Waals surface area (Å²) in [6.45, 7) is 6.14. The molecule has 7 nitrogen and oxygen atoms in total. The zero-order valence-electron chi connectivity index (χ0n) is 16.2. The van der Waals surface area contributed by atoms with Crippen molar-refractivity contribution < 1.29 is 27.5 Å². The van der Waals surface area contributed by atoms with E-state index in [1.165, 1.54) is 12.1 Å². The summed E-state index contributed by atoms with van der Waals surface area (Å²) in [5, 5.41) is 0. The second-order valence-corrected chi connectivity index (χ2v) is 8.00. The molecule has 0 aliphatic rings. The number of aryl methyl sites for hydroxylation is 1. The van der Waals surface area contributed by atoms with Crippen molar-refractivity contribution in [2.24, 2.45) is 0 Å². The molecule has 0 amide bonds. The quantitative estimate of drug-likeness (QED) is 0.429. The van der Waals surface area contributed by atoms with Gasteiger partial charge in [-0.25, -0.2) is 8.42 Å². The molecule has 0 aliphatic heterocycles. The summed E-state index contributed by atoms with van der Waals surface area (Å²) in [5.41, 5.74) is 0.906. The van der Waals surface area contributed by atoms with Crippen LogP contribution in [0.5, 0.6) is 0 Å². The van der Waals surface area contributed by atoms with Crippen LogP contribution in [-0.4, -0.2) is 39.6 Å². The SMILES string of the molecule is CCCCOC(=O)CC(NS(=O)(=O)c1ccc(C)cc1)C(=O)OCCCC. The Labute approximate surface area is 161 Å². The monoisotopic (exact) mass is 399 g/mol. The van der Waals surface area contributed by atoms with Crippen LogP contribution < -0.4 is 4.72 Å². The van der Waals surface area contributed by atoms with E-state index in [0.717, 1.165) is 18.4 Å². The molecule has 1 atom stereocenters. The lowest BCUT2D eigenvalue weighted by molar-refractivity contribution is -0.152. The van der Waals surface area contributed by atoms with Gasteiger partial charge in [0.25, 0.3) is 0 Å². The van der Waals surface area contributed by atoms with Gasteiger partial charge in [-0.15, -0.1) is 0 Å². The summed E-state index contributed by atoms with van der Waals surface area (Å²) in [5.74, 6) is -1.43. The summed E-state index contributed by atoms with van der Waals surface area (Å²) in [6, 6.07) is 4.86. The normalized spacial score (nSPS) is 12.4. The highest BCUT2D eigenvalue weighted by atomic mass is 32.2. The van der Waals surface area contributed by atoms with Crippen molar-refractivity contribution in [2.45, 2.75) is 63.8 Å². The van der Waals surface area contributed by atoms with Gasteiger partial charge in [0.2, 0.25) is 10.0 Å². The van der Waals surface area contributed by atoms with Crippen molar-refractivity contribution in [3.8, 4) is 0 Å². The predicted octanol–water partition coefficient (Wildman–Crippen LogP) is 2.72. The molecule has 0 heterocycles. The van der Waals surface area contributed by atoms with Gasteiger partial charge >= 0.3 is 11.9 Å². The molecular formula is C19H29NO6S. The van der Waals surface area contributed by atoms with E-state index >= 15 is 0 Å². The third-order valence-electron chi connectivity index (χ3n) is 3.79. The van der Waals surface area contributed by atoms with Crippen LogP contribution >= 0.6 is 0 Å². The van der Waals surface area contributed by atoms with Crippen LogP contribution in [0.1, 0.15) is 51.5 Å². The highest BCUT2D eigenvalue weighted by molar-refractivity contribution is 7.89. The number of esters is 2. The molecule has 0 spiro atoms. The molecule has 0 aliphatic carbocycles. The molecule has 27 heavy (non-hydrogen) atoms. The second-order valence-electron chi connectivity index (χ2n) is 6.29. The Hall–Kier alpha value is -1.93. The van der Waals surface area contributed by atoms with Gasteiger partial charge in [-0.2, -0.15) is 4.72 Å². The smallest absolute Gasteiger partial charge is 0.324 e. The molecule has 0 saturated heterocycles. The maximum Gasteiger partial charge on any atom is 0.324 e. The fourth-order valence-corrected chi connectivity index (χ4v) is 3.30. The van der Waals surface area contributed by atoms with E-state index in [1.54, 1.807) is 12.1 Å². The molecule has 8 heteroatoms. The van der Waals surface area contributed by atoms with Crippen molar-refractivity contribution in [2.75, 3.05) is 13.2 Å². The van der Waals surface area contributed by atoms with Crippen molar-refractivity contribution >= 4 is 22.0 Å². The van der Waals surface area contributed by atoms with Crippen molar-refractivity contribution in [3.63, 3.8) is 0 Å². The van der Waals surface area contributed by atoms with Crippen LogP contribution in [0.3, 0.4) is 0 Å². The van der Waals surface area contributed by atoms with Gasteiger partial charge in [-0.3, -0.25) is 9.59 Å². The Bertz CT molecular complexity index is 699. The maximum atomic E-state index is 12.6. The minimum Gasteiger partial charge on any atom is -0.466 e. The van der Waals surface area contributed by atoms with Crippen LogP contribution in [0.2, 0.25) is 0 Å². The zero-order chi connectivity index (χ0) is 20.3. The lowest BCUT2D eigenvalue weighted by Gasteiger charge is -2.17.